The third-order valence-corrected chi connectivity index (χ3v) is 5.62. The first-order valence-corrected chi connectivity index (χ1v) is 10.3. The van der Waals surface area contributed by atoms with Crippen molar-refractivity contribution < 1.29 is 4.74 Å². The fraction of sp³-hybridized carbons (Fsp3) is 0.737. The van der Waals surface area contributed by atoms with Crippen LogP contribution in [0.2, 0.25) is 0 Å². The Balaban J connectivity index is 0.00000338. The molecule has 2 heterocycles. The Morgan fingerprint density at radius 3 is 2.81 bits per heavy atom. The Bertz CT molecular complexity index is 490. The fourth-order valence-corrected chi connectivity index (χ4v) is 4.11. The molecule has 150 valence electrons. The van der Waals surface area contributed by atoms with E-state index in [2.05, 4.69) is 45.0 Å². The van der Waals surface area contributed by atoms with Crippen LogP contribution in [-0.2, 0) is 11.2 Å². The van der Waals surface area contributed by atoms with Gasteiger partial charge < -0.3 is 20.3 Å². The maximum Gasteiger partial charge on any atom is 0.191 e. The van der Waals surface area contributed by atoms with Crippen LogP contribution in [0.5, 0.6) is 0 Å². The first-order valence-electron chi connectivity index (χ1n) is 9.42. The lowest BCUT2D eigenvalue weighted by atomic mass is 10.0. The molecule has 1 fully saturated rings. The number of aliphatic imine (C=N–C) groups is 1. The molecule has 1 aromatic rings. The molecule has 0 spiro atoms. The van der Waals surface area contributed by atoms with E-state index in [4.69, 9.17) is 4.74 Å². The Morgan fingerprint density at radius 2 is 2.19 bits per heavy atom. The van der Waals surface area contributed by atoms with Gasteiger partial charge in [0.25, 0.3) is 0 Å². The quantitative estimate of drug-likeness (QED) is 0.240. The number of methoxy groups -OCH3 is 1. The van der Waals surface area contributed by atoms with Gasteiger partial charge in [0, 0.05) is 57.9 Å². The highest BCUT2D eigenvalue weighted by molar-refractivity contribution is 14.0. The van der Waals surface area contributed by atoms with Gasteiger partial charge in [-0.05, 0) is 43.0 Å². The van der Waals surface area contributed by atoms with Crippen LogP contribution in [-0.4, -0.2) is 63.8 Å². The standard InChI is InChI=1S/C19H34N4OS.HI/c1-16(14-18-6-4-13-25-18)15-21-19(20-2)22-17-7-10-23(11-8-17)9-5-12-24-3;/h4,6,13,16-17H,5,7-12,14-15H2,1-3H3,(H2,20,21,22);1H. The minimum atomic E-state index is 0. The molecule has 7 heteroatoms. The Kier molecular flexibility index (Phi) is 12.5. The number of piperidine rings is 1. The van der Waals surface area contributed by atoms with Crippen LogP contribution < -0.4 is 10.6 Å². The SMILES string of the molecule is CN=C(NCC(C)Cc1cccs1)NC1CCN(CCCOC)CC1.I. The van der Waals surface area contributed by atoms with E-state index < -0.39 is 0 Å². The normalized spacial score (nSPS) is 17.6. The number of hydrogen-bond donors (Lipinski definition) is 2. The predicted molar refractivity (Wildman–Crippen MR) is 123 cm³/mol. The molecule has 5 nitrogen and oxygen atoms in total. The molecule has 1 atom stereocenters. The van der Waals surface area contributed by atoms with Crippen molar-refractivity contribution in [3.63, 3.8) is 0 Å². The van der Waals surface area contributed by atoms with Crippen molar-refractivity contribution >= 4 is 41.3 Å². The molecule has 1 aromatic heterocycles. The lowest BCUT2D eigenvalue weighted by molar-refractivity contribution is 0.155. The second kappa shape index (κ2) is 13.7. The smallest absolute Gasteiger partial charge is 0.191 e. The second-order valence-corrected chi connectivity index (χ2v) is 7.98. The molecule has 1 aliphatic rings. The highest BCUT2D eigenvalue weighted by atomic mass is 127. The summed E-state index contributed by atoms with van der Waals surface area (Å²) in [5.41, 5.74) is 0. The number of nitrogens with zero attached hydrogens (tertiary/aromatic N) is 2. The molecule has 2 rings (SSSR count). The summed E-state index contributed by atoms with van der Waals surface area (Å²) in [5.74, 6) is 1.54. The van der Waals surface area contributed by atoms with Crippen molar-refractivity contribution in [2.24, 2.45) is 10.9 Å². The molecule has 0 aromatic carbocycles. The van der Waals surface area contributed by atoms with Crippen LogP contribution >= 0.6 is 35.3 Å². The lowest BCUT2D eigenvalue weighted by Crippen LogP contribution is -2.49. The Hall–Kier alpha value is -0.380. The summed E-state index contributed by atoms with van der Waals surface area (Å²) in [6, 6.07) is 4.87. The summed E-state index contributed by atoms with van der Waals surface area (Å²) in [5, 5.41) is 9.24. The summed E-state index contributed by atoms with van der Waals surface area (Å²) in [7, 11) is 3.63. The number of nitrogens with one attached hydrogen (secondary N) is 2. The molecule has 0 bridgehead atoms. The number of guanidine groups is 1. The molecular weight excluding hydrogens is 459 g/mol. The number of halogens is 1. The average molecular weight is 494 g/mol. The molecule has 2 N–H and O–H groups in total. The molecule has 1 aliphatic heterocycles. The second-order valence-electron chi connectivity index (χ2n) is 6.95. The molecule has 0 aliphatic carbocycles. The van der Waals surface area contributed by atoms with E-state index in [0.29, 0.717) is 12.0 Å². The predicted octanol–water partition coefficient (Wildman–Crippen LogP) is 3.21. The summed E-state index contributed by atoms with van der Waals surface area (Å²) < 4.78 is 5.14. The van der Waals surface area contributed by atoms with Crippen LogP contribution in [0.15, 0.2) is 22.5 Å². The lowest BCUT2D eigenvalue weighted by Gasteiger charge is -2.33. The third-order valence-electron chi connectivity index (χ3n) is 4.72. The van der Waals surface area contributed by atoms with Gasteiger partial charge in [0.15, 0.2) is 5.96 Å². The van der Waals surface area contributed by atoms with Gasteiger partial charge in [-0.25, -0.2) is 0 Å². The third kappa shape index (κ3) is 9.01. The zero-order valence-electron chi connectivity index (χ0n) is 16.4. The largest absolute Gasteiger partial charge is 0.385 e. The minimum absolute atomic E-state index is 0. The van der Waals surface area contributed by atoms with E-state index in [9.17, 15) is 0 Å². The maximum atomic E-state index is 5.14. The van der Waals surface area contributed by atoms with Gasteiger partial charge in [-0.15, -0.1) is 35.3 Å². The molecule has 1 saturated heterocycles. The zero-order valence-corrected chi connectivity index (χ0v) is 19.5. The summed E-state index contributed by atoms with van der Waals surface area (Å²) in [6.45, 7) is 7.57. The van der Waals surface area contributed by atoms with Crippen molar-refractivity contribution in [3.8, 4) is 0 Å². The number of thiophene rings is 1. The molecule has 0 amide bonds. The van der Waals surface area contributed by atoms with Gasteiger partial charge in [-0.2, -0.15) is 0 Å². The first-order chi connectivity index (χ1) is 12.2. The van der Waals surface area contributed by atoms with Gasteiger partial charge >= 0.3 is 0 Å². The van der Waals surface area contributed by atoms with Crippen LogP contribution in [0.25, 0.3) is 0 Å². The van der Waals surface area contributed by atoms with E-state index in [0.717, 1.165) is 51.6 Å². The molecule has 1 unspecified atom stereocenters. The first kappa shape index (κ1) is 23.7. The van der Waals surface area contributed by atoms with Gasteiger partial charge in [0.2, 0.25) is 0 Å². The zero-order chi connectivity index (χ0) is 17.9. The number of hydrogen-bond acceptors (Lipinski definition) is 4. The van der Waals surface area contributed by atoms with Crippen molar-refractivity contribution in [1.29, 1.82) is 0 Å². The van der Waals surface area contributed by atoms with Crippen LogP contribution in [0.4, 0.5) is 0 Å². The molecule has 0 saturated carbocycles. The van der Waals surface area contributed by atoms with Crippen molar-refractivity contribution in [3.05, 3.63) is 22.4 Å². The van der Waals surface area contributed by atoms with Crippen LogP contribution in [0, 0.1) is 5.92 Å². The number of ether oxygens (including phenoxy) is 1. The monoisotopic (exact) mass is 494 g/mol. The van der Waals surface area contributed by atoms with E-state index >= 15 is 0 Å². The Labute approximate surface area is 180 Å². The van der Waals surface area contributed by atoms with E-state index in [1.807, 2.05) is 18.4 Å². The number of rotatable bonds is 9. The summed E-state index contributed by atoms with van der Waals surface area (Å²) in [6.07, 6.45) is 4.61. The molecule has 0 radical (unpaired) electrons. The minimum Gasteiger partial charge on any atom is -0.385 e. The van der Waals surface area contributed by atoms with Crippen LogP contribution in [0.1, 0.15) is 31.1 Å². The van der Waals surface area contributed by atoms with Gasteiger partial charge in [0.05, 0.1) is 0 Å². The number of likely N-dealkylation sites (tertiary alicyclic amines) is 1. The van der Waals surface area contributed by atoms with Crippen molar-refractivity contribution in [2.45, 2.75) is 38.6 Å². The highest BCUT2D eigenvalue weighted by Gasteiger charge is 2.19. The van der Waals surface area contributed by atoms with Gasteiger partial charge in [0.1, 0.15) is 0 Å². The van der Waals surface area contributed by atoms with Crippen LogP contribution in [0.3, 0.4) is 0 Å². The Morgan fingerprint density at radius 1 is 1.42 bits per heavy atom. The fourth-order valence-electron chi connectivity index (χ4n) is 3.24. The van der Waals surface area contributed by atoms with Crippen molar-refractivity contribution in [1.82, 2.24) is 15.5 Å². The maximum absolute atomic E-state index is 5.14. The molecular formula is C19H35IN4OS. The summed E-state index contributed by atoms with van der Waals surface area (Å²) >= 11 is 1.84. The highest BCUT2D eigenvalue weighted by Crippen LogP contribution is 2.14. The van der Waals surface area contributed by atoms with E-state index in [1.165, 1.54) is 17.7 Å². The average Bonchev–Trinajstić information content (AvgIpc) is 3.13. The molecule has 26 heavy (non-hydrogen) atoms. The van der Waals surface area contributed by atoms with Gasteiger partial charge in [-0.3, -0.25) is 4.99 Å². The summed E-state index contributed by atoms with van der Waals surface area (Å²) in [4.78, 5) is 8.39. The van der Waals surface area contributed by atoms with E-state index in [-0.39, 0.29) is 24.0 Å². The van der Waals surface area contributed by atoms with E-state index in [1.54, 1.807) is 7.11 Å². The topological polar surface area (TPSA) is 48.9 Å². The van der Waals surface area contributed by atoms with Gasteiger partial charge in [-0.1, -0.05) is 13.0 Å². The van der Waals surface area contributed by atoms with Crippen molar-refractivity contribution in [2.75, 3.05) is 46.9 Å².